The normalized spacial score (nSPS) is 14.9. The number of carbonyl (C=O) groups is 2. The minimum atomic E-state index is -3.94. The molecule has 0 radical (unpaired) electrons. The van der Waals surface area contributed by atoms with Gasteiger partial charge in [0.25, 0.3) is 21.8 Å². The van der Waals surface area contributed by atoms with Crippen molar-refractivity contribution in [3.8, 4) is 0 Å². The largest absolute Gasteiger partial charge is 0.348 e. The van der Waals surface area contributed by atoms with Gasteiger partial charge in [0.2, 0.25) is 0 Å². The average Bonchev–Trinajstić information content (AvgIpc) is 2.95. The molecule has 166 valence electrons. The van der Waals surface area contributed by atoms with Gasteiger partial charge in [-0.05, 0) is 56.3 Å². The van der Waals surface area contributed by atoms with Crippen LogP contribution >= 0.6 is 0 Å². The van der Waals surface area contributed by atoms with Gasteiger partial charge in [0.05, 0.1) is 5.56 Å². The summed E-state index contributed by atoms with van der Waals surface area (Å²) in [5, 5.41) is 2.84. The minimum absolute atomic E-state index is 0.106. The van der Waals surface area contributed by atoms with Crippen LogP contribution in [0.3, 0.4) is 0 Å². The summed E-state index contributed by atoms with van der Waals surface area (Å²) in [7, 11) is -3.94. The number of hydrogen-bond donors (Lipinski definition) is 1. The van der Waals surface area contributed by atoms with Gasteiger partial charge in [-0.2, -0.15) is 0 Å². The molecule has 31 heavy (non-hydrogen) atoms. The maximum absolute atomic E-state index is 12.7. The van der Waals surface area contributed by atoms with Gasteiger partial charge in [-0.15, -0.1) is 0 Å². The summed E-state index contributed by atoms with van der Waals surface area (Å²) in [5.41, 5.74) is 2.45. The summed E-state index contributed by atoms with van der Waals surface area (Å²) in [5.74, 6) is -0.940. The van der Waals surface area contributed by atoms with Crippen molar-refractivity contribution in [2.24, 2.45) is 0 Å². The third-order valence-corrected chi connectivity index (χ3v) is 7.42. The highest BCUT2D eigenvalue weighted by molar-refractivity contribution is 7.90. The van der Waals surface area contributed by atoms with E-state index in [1.54, 1.807) is 13.8 Å². The zero-order valence-corrected chi connectivity index (χ0v) is 19.2. The molecule has 3 rings (SSSR count). The van der Waals surface area contributed by atoms with E-state index in [4.69, 9.17) is 0 Å². The maximum Gasteiger partial charge on any atom is 0.269 e. The van der Waals surface area contributed by atoms with E-state index in [-0.39, 0.29) is 21.9 Å². The van der Waals surface area contributed by atoms with Gasteiger partial charge in [-0.1, -0.05) is 38.1 Å². The number of rotatable bonds is 8. The van der Waals surface area contributed by atoms with Crippen LogP contribution in [0.5, 0.6) is 0 Å². The van der Waals surface area contributed by atoms with E-state index < -0.39 is 22.0 Å². The van der Waals surface area contributed by atoms with Gasteiger partial charge in [0, 0.05) is 24.7 Å². The Bertz CT molecular complexity index is 1090. The first-order valence-corrected chi connectivity index (χ1v) is 11.9. The number of hydrogen-bond acceptors (Lipinski definition) is 5. The van der Waals surface area contributed by atoms with E-state index in [9.17, 15) is 18.0 Å². The van der Waals surface area contributed by atoms with Crippen molar-refractivity contribution in [3.63, 3.8) is 0 Å². The summed E-state index contributed by atoms with van der Waals surface area (Å²) < 4.78 is 26.3. The molecule has 0 aliphatic carbocycles. The van der Waals surface area contributed by atoms with Crippen molar-refractivity contribution in [2.75, 3.05) is 13.1 Å². The Morgan fingerprint density at radius 3 is 2.39 bits per heavy atom. The van der Waals surface area contributed by atoms with Gasteiger partial charge in [-0.25, -0.2) is 12.7 Å². The third kappa shape index (κ3) is 4.65. The van der Waals surface area contributed by atoms with Crippen molar-refractivity contribution in [1.82, 2.24) is 14.5 Å². The molecule has 8 heteroatoms. The summed E-state index contributed by atoms with van der Waals surface area (Å²) >= 11 is 0. The topological polar surface area (TPSA) is 86.8 Å². The summed E-state index contributed by atoms with van der Waals surface area (Å²) in [4.78, 5) is 27.3. The van der Waals surface area contributed by atoms with Gasteiger partial charge >= 0.3 is 0 Å². The second-order valence-electron chi connectivity index (χ2n) is 7.87. The second kappa shape index (κ2) is 9.20. The average molecular weight is 444 g/mol. The van der Waals surface area contributed by atoms with Crippen LogP contribution in [0.4, 0.5) is 0 Å². The van der Waals surface area contributed by atoms with Crippen molar-refractivity contribution < 1.29 is 18.0 Å². The quantitative estimate of drug-likeness (QED) is 0.678. The molecule has 0 saturated carbocycles. The molecule has 0 unspecified atom stereocenters. The predicted octanol–water partition coefficient (Wildman–Crippen LogP) is 3.01. The lowest BCUT2D eigenvalue weighted by Crippen LogP contribution is -2.36. The van der Waals surface area contributed by atoms with Crippen molar-refractivity contribution in [2.45, 2.75) is 51.7 Å². The first kappa shape index (κ1) is 23.0. The Morgan fingerprint density at radius 1 is 1.06 bits per heavy atom. The molecule has 1 heterocycles. The Balaban J connectivity index is 1.74. The highest BCUT2D eigenvalue weighted by Crippen LogP contribution is 2.32. The maximum atomic E-state index is 12.7. The molecule has 7 nitrogen and oxygen atoms in total. The smallest absolute Gasteiger partial charge is 0.269 e. The number of nitrogens with one attached hydrogen (secondary N) is 1. The van der Waals surface area contributed by atoms with Crippen LogP contribution in [0.1, 0.15) is 59.5 Å². The van der Waals surface area contributed by atoms with Crippen LogP contribution in [0, 0.1) is 0 Å². The first-order chi connectivity index (χ1) is 14.7. The van der Waals surface area contributed by atoms with Crippen LogP contribution in [0.2, 0.25) is 0 Å². The molecule has 1 aliphatic heterocycles. The highest BCUT2D eigenvalue weighted by Gasteiger charge is 2.42. The Labute approximate surface area is 184 Å². The Hall–Kier alpha value is -2.71. The Morgan fingerprint density at radius 2 is 1.74 bits per heavy atom. The Kier molecular flexibility index (Phi) is 6.81. The van der Waals surface area contributed by atoms with Crippen LogP contribution in [-0.2, 0) is 23.1 Å². The molecule has 2 amide bonds. The van der Waals surface area contributed by atoms with Crippen LogP contribution in [0.25, 0.3) is 0 Å². The fourth-order valence-corrected chi connectivity index (χ4v) is 5.52. The van der Waals surface area contributed by atoms with Crippen molar-refractivity contribution >= 4 is 21.8 Å². The SMILES string of the molecule is CCN(CC)Cc1cccc(CNC(=O)c2ccc3c(c2)S(=O)(=O)N(C(C)C)C3=O)c1. The second-order valence-corrected chi connectivity index (χ2v) is 9.66. The highest BCUT2D eigenvalue weighted by atomic mass is 32.2. The summed E-state index contributed by atoms with van der Waals surface area (Å²) in [6, 6.07) is 11.7. The van der Waals surface area contributed by atoms with Gasteiger partial charge in [0.15, 0.2) is 0 Å². The van der Waals surface area contributed by atoms with E-state index in [1.807, 2.05) is 12.1 Å². The van der Waals surface area contributed by atoms with E-state index >= 15 is 0 Å². The predicted molar refractivity (Wildman–Crippen MR) is 119 cm³/mol. The van der Waals surface area contributed by atoms with Crippen LogP contribution < -0.4 is 5.32 Å². The first-order valence-electron chi connectivity index (χ1n) is 10.5. The fraction of sp³-hybridized carbons (Fsp3) is 0.391. The fourth-order valence-electron chi connectivity index (χ4n) is 3.73. The molecule has 2 aromatic rings. The van der Waals surface area contributed by atoms with E-state index in [0.717, 1.165) is 29.5 Å². The van der Waals surface area contributed by atoms with Gasteiger partial charge in [0.1, 0.15) is 4.90 Å². The molecule has 0 saturated heterocycles. The molecular formula is C23H29N3O4S. The number of sulfonamides is 1. The minimum Gasteiger partial charge on any atom is -0.348 e. The van der Waals surface area contributed by atoms with Crippen LogP contribution in [0.15, 0.2) is 47.4 Å². The lowest BCUT2D eigenvalue weighted by Gasteiger charge is -2.18. The van der Waals surface area contributed by atoms with Gasteiger partial charge < -0.3 is 5.32 Å². The molecule has 1 N–H and O–H groups in total. The van der Waals surface area contributed by atoms with E-state index in [2.05, 4.69) is 36.2 Å². The zero-order chi connectivity index (χ0) is 22.8. The number of nitrogens with zero attached hydrogens (tertiary/aromatic N) is 2. The molecule has 0 spiro atoms. The number of carbonyl (C=O) groups excluding carboxylic acids is 2. The molecule has 0 aromatic heterocycles. The lowest BCUT2D eigenvalue weighted by molar-refractivity contribution is 0.0845. The summed E-state index contributed by atoms with van der Waals surface area (Å²) in [6.07, 6.45) is 0. The lowest BCUT2D eigenvalue weighted by atomic mass is 10.1. The third-order valence-electron chi connectivity index (χ3n) is 5.43. The monoisotopic (exact) mass is 443 g/mol. The van der Waals surface area contributed by atoms with Crippen molar-refractivity contribution in [1.29, 1.82) is 0 Å². The van der Waals surface area contributed by atoms with Crippen LogP contribution in [-0.4, -0.2) is 48.6 Å². The molecule has 2 aromatic carbocycles. The summed E-state index contributed by atoms with van der Waals surface area (Å²) in [6.45, 7) is 10.6. The number of amides is 2. The van der Waals surface area contributed by atoms with Crippen molar-refractivity contribution in [3.05, 3.63) is 64.7 Å². The molecule has 0 fully saturated rings. The van der Waals surface area contributed by atoms with E-state index in [0.29, 0.717) is 6.54 Å². The standard InChI is InChI=1S/C23H29N3O4S/c1-5-25(6-2)15-18-9-7-8-17(12-18)14-24-22(27)19-10-11-20-21(13-19)31(29,30)26(16(3)4)23(20)28/h7-13,16H,5-6,14-15H2,1-4H3,(H,24,27). The number of benzene rings is 2. The molecule has 0 atom stereocenters. The molecule has 1 aliphatic rings. The molecular weight excluding hydrogens is 414 g/mol. The molecule has 0 bridgehead atoms. The zero-order valence-electron chi connectivity index (χ0n) is 18.4. The van der Waals surface area contributed by atoms with E-state index in [1.165, 1.54) is 23.8 Å². The number of fused-ring (bicyclic) bond motifs is 1. The van der Waals surface area contributed by atoms with Gasteiger partial charge in [-0.3, -0.25) is 14.5 Å².